The van der Waals surface area contributed by atoms with Crippen LogP contribution in [0.4, 0.5) is 0 Å². The number of rotatable bonds is 8. The highest BCUT2D eigenvalue weighted by atomic mass is 16.5. The van der Waals surface area contributed by atoms with Gasteiger partial charge >= 0.3 is 11.9 Å². The van der Waals surface area contributed by atoms with E-state index in [1.165, 1.54) is 0 Å². The van der Waals surface area contributed by atoms with Gasteiger partial charge in [-0.25, -0.2) is 0 Å². The van der Waals surface area contributed by atoms with Crippen molar-refractivity contribution in [2.75, 3.05) is 13.2 Å². The standard InChI is InChI=1S/C16H27NO4/c1-7-20-14(18)13(9-11(3)4)16(10-17,12(5)6)15(19)21-8-2/h11-13H,7-9H2,1-6H3. The van der Waals surface area contributed by atoms with Crippen LogP contribution in [-0.2, 0) is 19.1 Å². The SMILES string of the molecule is CCOC(=O)C(CC(C)C)C(C#N)(C(=O)OCC)C(C)C. The molecule has 0 heterocycles. The molecule has 0 aliphatic rings. The van der Waals surface area contributed by atoms with Crippen LogP contribution in [-0.4, -0.2) is 25.2 Å². The lowest BCUT2D eigenvalue weighted by molar-refractivity contribution is -0.169. The van der Waals surface area contributed by atoms with Gasteiger partial charge in [0.1, 0.15) is 0 Å². The number of ether oxygens (including phenoxy) is 2. The summed E-state index contributed by atoms with van der Waals surface area (Å²) in [7, 11) is 0. The van der Waals surface area contributed by atoms with Crippen LogP contribution in [0.1, 0.15) is 48.0 Å². The van der Waals surface area contributed by atoms with Gasteiger partial charge in [-0.2, -0.15) is 5.26 Å². The Morgan fingerprint density at radius 3 is 1.95 bits per heavy atom. The minimum Gasteiger partial charge on any atom is -0.466 e. The van der Waals surface area contributed by atoms with E-state index in [0.717, 1.165) is 0 Å². The molecule has 2 atom stereocenters. The van der Waals surface area contributed by atoms with Gasteiger partial charge in [-0.15, -0.1) is 0 Å². The first-order valence-electron chi connectivity index (χ1n) is 7.52. The van der Waals surface area contributed by atoms with Gasteiger partial charge in [-0.3, -0.25) is 9.59 Å². The van der Waals surface area contributed by atoms with E-state index in [1.807, 2.05) is 13.8 Å². The zero-order valence-electron chi connectivity index (χ0n) is 13.9. The van der Waals surface area contributed by atoms with Crippen molar-refractivity contribution in [3.63, 3.8) is 0 Å². The molecule has 0 fully saturated rings. The molecule has 0 amide bonds. The Morgan fingerprint density at radius 2 is 1.62 bits per heavy atom. The fourth-order valence-electron chi connectivity index (χ4n) is 2.47. The van der Waals surface area contributed by atoms with Crippen LogP contribution >= 0.6 is 0 Å². The van der Waals surface area contributed by atoms with E-state index in [9.17, 15) is 14.9 Å². The van der Waals surface area contributed by atoms with Crippen molar-refractivity contribution in [2.24, 2.45) is 23.2 Å². The third kappa shape index (κ3) is 4.45. The maximum atomic E-state index is 12.4. The van der Waals surface area contributed by atoms with Crippen LogP contribution < -0.4 is 0 Å². The largest absolute Gasteiger partial charge is 0.466 e. The summed E-state index contributed by atoms with van der Waals surface area (Å²) in [6, 6.07) is 2.07. The Labute approximate surface area is 127 Å². The highest BCUT2D eigenvalue weighted by Crippen LogP contribution is 2.41. The fraction of sp³-hybridized carbons (Fsp3) is 0.812. The monoisotopic (exact) mass is 297 g/mol. The highest BCUT2D eigenvalue weighted by molar-refractivity contribution is 5.88. The van der Waals surface area contributed by atoms with Crippen molar-refractivity contribution in [1.29, 1.82) is 5.26 Å². The third-order valence-electron chi connectivity index (χ3n) is 3.54. The van der Waals surface area contributed by atoms with E-state index in [2.05, 4.69) is 6.07 Å². The van der Waals surface area contributed by atoms with Gasteiger partial charge in [0.15, 0.2) is 5.41 Å². The predicted octanol–water partition coefficient (Wildman–Crippen LogP) is 2.94. The number of nitriles is 1. The molecule has 0 rings (SSSR count). The predicted molar refractivity (Wildman–Crippen MR) is 79.1 cm³/mol. The molecular formula is C16H27NO4. The maximum absolute atomic E-state index is 12.4. The van der Waals surface area contributed by atoms with Gasteiger partial charge in [0.2, 0.25) is 0 Å². The van der Waals surface area contributed by atoms with Crippen LogP contribution in [0.3, 0.4) is 0 Å². The zero-order chi connectivity index (χ0) is 16.6. The van der Waals surface area contributed by atoms with Crippen molar-refractivity contribution in [3.8, 4) is 6.07 Å². The minimum atomic E-state index is -1.51. The lowest BCUT2D eigenvalue weighted by Gasteiger charge is -2.35. The van der Waals surface area contributed by atoms with Crippen molar-refractivity contribution in [3.05, 3.63) is 0 Å². The van der Waals surface area contributed by atoms with Crippen LogP contribution in [0.25, 0.3) is 0 Å². The number of carbonyl (C=O) groups is 2. The summed E-state index contributed by atoms with van der Waals surface area (Å²) < 4.78 is 10.2. The third-order valence-corrected chi connectivity index (χ3v) is 3.54. The first-order valence-corrected chi connectivity index (χ1v) is 7.52. The molecule has 0 radical (unpaired) electrons. The van der Waals surface area contributed by atoms with Crippen molar-refractivity contribution < 1.29 is 19.1 Å². The van der Waals surface area contributed by atoms with E-state index in [0.29, 0.717) is 6.42 Å². The second-order valence-electron chi connectivity index (χ2n) is 5.79. The number of nitrogens with zero attached hydrogens (tertiary/aromatic N) is 1. The summed E-state index contributed by atoms with van der Waals surface area (Å²) in [5, 5.41) is 9.69. The molecule has 0 aromatic heterocycles. The first-order chi connectivity index (χ1) is 9.77. The van der Waals surface area contributed by atoms with Crippen LogP contribution in [0.2, 0.25) is 0 Å². The highest BCUT2D eigenvalue weighted by Gasteiger charge is 2.54. The Hall–Kier alpha value is -1.57. The minimum absolute atomic E-state index is 0.153. The van der Waals surface area contributed by atoms with E-state index < -0.39 is 23.3 Å². The molecular weight excluding hydrogens is 270 g/mol. The van der Waals surface area contributed by atoms with E-state index >= 15 is 0 Å². The lowest BCUT2D eigenvalue weighted by Crippen LogP contribution is -2.47. The smallest absolute Gasteiger partial charge is 0.327 e. The van der Waals surface area contributed by atoms with Crippen LogP contribution in [0.5, 0.6) is 0 Å². The summed E-state index contributed by atoms with van der Waals surface area (Å²) in [4.78, 5) is 24.7. The summed E-state index contributed by atoms with van der Waals surface area (Å²) in [5.41, 5.74) is -1.51. The van der Waals surface area contributed by atoms with Crippen molar-refractivity contribution >= 4 is 11.9 Å². The molecule has 0 aliphatic carbocycles. The van der Waals surface area contributed by atoms with Gasteiger partial charge in [0, 0.05) is 0 Å². The second-order valence-corrected chi connectivity index (χ2v) is 5.79. The molecule has 0 bridgehead atoms. The Balaban J connectivity index is 5.83. The average molecular weight is 297 g/mol. The molecule has 0 aliphatic heterocycles. The fourth-order valence-corrected chi connectivity index (χ4v) is 2.47. The molecule has 120 valence electrons. The van der Waals surface area contributed by atoms with E-state index in [4.69, 9.17) is 9.47 Å². The van der Waals surface area contributed by atoms with Crippen molar-refractivity contribution in [1.82, 2.24) is 0 Å². The Morgan fingerprint density at radius 1 is 1.10 bits per heavy atom. The Bertz CT molecular complexity index is 398. The van der Waals surface area contributed by atoms with Crippen molar-refractivity contribution in [2.45, 2.75) is 48.0 Å². The van der Waals surface area contributed by atoms with Gasteiger partial charge in [-0.1, -0.05) is 27.7 Å². The Kier molecular flexibility index (Phi) is 8.01. The van der Waals surface area contributed by atoms with Gasteiger partial charge < -0.3 is 9.47 Å². The van der Waals surface area contributed by atoms with Gasteiger partial charge in [-0.05, 0) is 32.1 Å². The number of carbonyl (C=O) groups excluding carboxylic acids is 2. The number of hydrogen-bond acceptors (Lipinski definition) is 5. The maximum Gasteiger partial charge on any atom is 0.327 e. The van der Waals surface area contributed by atoms with Crippen LogP contribution in [0, 0.1) is 34.5 Å². The number of hydrogen-bond donors (Lipinski definition) is 0. The molecule has 0 aromatic rings. The van der Waals surface area contributed by atoms with E-state index in [-0.39, 0.29) is 25.0 Å². The van der Waals surface area contributed by atoms with Crippen LogP contribution in [0.15, 0.2) is 0 Å². The molecule has 0 aromatic carbocycles. The quantitative estimate of drug-likeness (QED) is 0.644. The zero-order valence-corrected chi connectivity index (χ0v) is 13.9. The summed E-state index contributed by atoms with van der Waals surface area (Å²) >= 11 is 0. The lowest BCUT2D eigenvalue weighted by atomic mass is 9.66. The summed E-state index contributed by atoms with van der Waals surface area (Å²) in [6.45, 7) is 11.2. The molecule has 0 saturated heterocycles. The normalized spacial score (nSPS) is 15.2. The molecule has 0 saturated carbocycles. The average Bonchev–Trinajstić information content (AvgIpc) is 2.38. The number of esters is 2. The molecule has 5 heteroatoms. The molecule has 21 heavy (non-hydrogen) atoms. The summed E-state index contributed by atoms with van der Waals surface area (Å²) in [5.74, 6) is -2.16. The topological polar surface area (TPSA) is 76.4 Å². The molecule has 5 nitrogen and oxygen atoms in total. The summed E-state index contributed by atoms with van der Waals surface area (Å²) in [6.07, 6.45) is 0.406. The molecule has 0 N–H and O–H groups in total. The second kappa shape index (κ2) is 8.66. The van der Waals surface area contributed by atoms with Gasteiger partial charge in [0.05, 0.1) is 25.2 Å². The first kappa shape index (κ1) is 19.4. The van der Waals surface area contributed by atoms with E-state index in [1.54, 1.807) is 27.7 Å². The van der Waals surface area contributed by atoms with Gasteiger partial charge in [0.25, 0.3) is 0 Å². The molecule has 0 spiro atoms. The molecule has 2 unspecified atom stereocenters.